The third-order valence-electron chi connectivity index (χ3n) is 3.01. The minimum absolute atomic E-state index is 0.155. The molecule has 2 atom stereocenters. The van der Waals surface area contributed by atoms with Crippen molar-refractivity contribution in [2.24, 2.45) is 0 Å². The first-order valence-electron chi connectivity index (χ1n) is 6.06. The van der Waals surface area contributed by atoms with E-state index in [4.69, 9.17) is 4.74 Å². The van der Waals surface area contributed by atoms with E-state index in [2.05, 4.69) is 31.9 Å². The lowest BCUT2D eigenvalue weighted by atomic mass is 10.2. The Morgan fingerprint density at radius 2 is 2.10 bits per heavy atom. The largest absolute Gasteiger partial charge is 0.394 e. The number of rotatable bonds is 3. The van der Waals surface area contributed by atoms with E-state index in [1.807, 2.05) is 0 Å². The maximum Gasteiger partial charge on any atom is 0.244 e. The van der Waals surface area contributed by atoms with E-state index in [1.54, 1.807) is 25.1 Å². The summed E-state index contributed by atoms with van der Waals surface area (Å²) in [5, 5.41) is 9.20. The van der Waals surface area contributed by atoms with Gasteiger partial charge in [0.2, 0.25) is 10.0 Å². The van der Waals surface area contributed by atoms with Crippen LogP contribution in [0.5, 0.6) is 0 Å². The van der Waals surface area contributed by atoms with Crippen molar-refractivity contribution in [3.8, 4) is 0 Å². The van der Waals surface area contributed by atoms with Gasteiger partial charge < -0.3 is 9.84 Å². The SMILES string of the molecule is CC1CN(S(=O)(=O)c2cc(Br)ccc2Br)CC(CO)O1. The lowest BCUT2D eigenvalue weighted by Gasteiger charge is -2.35. The third kappa shape index (κ3) is 3.42. The smallest absolute Gasteiger partial charge is 0.244 e. The van der Waals surface area contributed by atoms with Crippen molar-refractivity contribution in [1.29, 1.82) is 0 Å². The van der Waals surface area contributed by atoms with Crippen LogP contribution in [0.15, 0.2) is 32.0 Å². The van der Waals surface area contributed by atoms with Gasteiger partial charge in [-0.05, 0) is 41.1 Å². The fourth-order valence-corrected chi connectivity index (χ4v) is 5.12. The molecular weight excluding hydrogens is 414 g/mol. The third-order valence-corrected chi connectivity index (χ3v) is 6.33. The number of aliphatic hydroxyl groups excluding tert-OH is 1. The van der Waals surface area contributed by atoms with Crippen LogP contribution in [0.2, 0.25) is 0 Å². The minimum Gasteiger partial charge on any atom is -0.394 e. The standard InChI is InChI=1S/C12H15Br2NO4S/c1-8-5-15(6-10(7-16)19-8)20(17,18)12-4-9(13)2-3-11(12)14/h2-4,8,10,16H,5-7H2,1H3. The van der Waals surface area contributed by atoms with E-state index in [9.17, 15) is 13.5 Å². The highest BCUT2D eigenvalue weighted by Crippen LogP contribution is 2.29. The number of aliphatic hydroxyl groups is 1. The molecular formula is C12H15Br2NO4S. The van der Waals surface area contributed by atoms with Gasteiger partial charge in [0.1, 0.15) is 0 Å². The highest BCUT2D eigenvalue weighted by Gasteiger charge is 2.34. The molecule has 2 rings (SSSR count). The lowest BCUT2D eigenvalue weighted by Crippen LogP contribution is -2.50. The molecule has 1 saturated heterocycles. The summed E-state index contributed by atoms with van der Waals surface area (Å²) < 4.78 is 33.4. The molecule has 1 fully saturated rings. The van der Waals surface area contributed by atoms with Crippen molar-refractivity contribution >= 4 is 41.9 Å². The Bertz CT molecular complexity index is 593. The van der Waals surface area contributed by atoms with Crippen LogP contribution < -0.4 is 0 Å². The van der Waals surface area contributed by atoms with Crippen LogP contribution in [-0.4, -0.2) is 49.7 Å². The molecule has 1 aliphatic heterocycles. The number of ether oxygens (including phenoxy) is 1. The first-order chi connectivity index (χ1) is 9.34. The normalized spacial score (nSPS) is 24.8. The molecule has 0 aliphatic carbocycles. The molecule has 0 amide bonds. The second-order valence-corrected chi connectivity index (χ2v) is 8.32. The van der Waals surface area contributed by atoms with Gasteiger partial charge in [0.05, 0.1) is 23.7 Å². The Balaban J connectivity index is 2.36. The van der Waals surface area contributed by atoms with Gasteiger partial charge in [-0.2, -0.15) is 4.31 Å². The summed E-state index contributed by atoms with van der Waals surface area (Å²) in [4.78, 5) is 0.206. The fraction of sp³-hybridized carbons (Fsp3) is 0.500. The quantitative estimate of drug-likeness (QED) is 0.799. The number of halogens is 2. The molecule has 1 N–H and O–H groups in total. The van der Waals surface area contributed by atoms with E-state index >= 15 is 0 Å². The molecule has 0 saturated carbocycles. The Morgan fingerprint density at radius 3 is 2.75 bits per heavy atom. The molecule has 112 valence electrons. The van der Waals surface area contributed by atoms with Crippen LogP contribution in [0.3, 0.4) is 0 Å². The maximum absolute atomic E-state index is 12.7. The molecule has 5 nitrogen and oxygen atoms in total. The molecule has 0 radical (unpaired) electrons. The molecule has 8 heteroatoms. The molecule has 1 aliphatic rings. The van der Waals surface area contributed by atoms with Gasteiger partial charge >= 0.3 is 0 Å². The zero-order valence-corrected chi connectivity index (χ0v) is 14.8. The second kappa shape index (κ2) is 6.41. The highest BCUT2D eigenvalue weighted by molar-refractivity contribution is 9.11. The van der Waals surface area contributed by atoms with Gasteiger partial charge in [-0.3, -0.25) is 0 Å². The number of hydrogen-bond donors (Lipinski definition) is 1. The van der Waals surface area contributed by atoms with Gasteiger partial charge in [-0.1, -0.05) is 15.9 Å². The number of nitrogens with zero attached hydrogens (tertiary/aromatic N) is 1. The first kappa shape index (κ1) is 16.4. The summed E-state index contributed by atoms with van der Waals surface area (Å²) in [5.41, 5.74) is 0. The van der Waals surface area contributed by atoms with Crippen LogP contribution in [0, 0.1) is 0 Å². The number of benzene rings is 1. The van der Waals surface area contributed by atoms with Crippen molar-refractivity contribution in [2.45, 2.75) is 24.0 Å². The molecule has 0 spiro atoms. The fourth-order valence-electron chi connectivity index (χ4n) is 2.11. The molecule has 1 aromatic rings. The lowest BCUT2D eigenvalue weighted by molar-refractivity contribution is -0.0750. The van der Waals surface area contributed by atoms with Crippen molar-refractivity contribution < 1.29 is 18.3 Å². The molecule has 0 aromatic heterocycles. The average molecular weight is 429 g/mol. The summed E-state index contributed by atoms with van der Waals surface area (Å²) in [6.07, 6.45) is -0.735. The zero-order valence-electron chi connectivity index (χ0n) is 10.8. The summed E-state index contributed by atoms with van der Waals surface area (Å²) in [7, 11) is -3.63. The Morgan fingerprint density at radius 1 is 1.40 bits per heavy atom. The average Bonchev–Trinajstić information content (AvgIpc) is 2.40. The van der Waals surface area contributed by atoms with Gasteiger partial charge in [-0.15, -0.1) is 0 Å². The minimum atomic E-state index is -3.63. The van der Waals surface area contributed by atoms with Gasteiger partial charge in [-0.25, -0.2) is 8.42 Å². The molecule has 2 unspecified atom stereocenters. The molecule has 1 aromatic carbocycles. The second-order valence-electron chi connectivity index (χ2n) is 4.65. The van der Waals surface area contributed by atoms with Crippen molar-refractivity contribution in [3.05, 3.63) is 27.1 Å². The Hall–Kier alpha value is 0.01000. The van der Waals surface area contributed by atoms with Gasteiger partial charge in [0.25, 0.3) is 0 Å². The molecule has 1 heterocycles. The molecule has 0 bridgehead atoms. The molecule has 20 heavy (non-hydrogen) atoms. The van der Waals surface area contributed by atoms with Crippen LogP contribution in [0.4, 0.5) is 0 Å². The Labute approximate surface area is 135 Å². The van der Waals surface area contributed by atoms with E-state index in [0.717, 1.165) is 0 Å². The predicted molar refractivity (Wildman–Crippen MR) is 82.0 cm³/mol. The summed E-state index contributed by atoms with van der Waals surface area (Å²) in [5.74, 6) is 0. The van der Waals surface area contributed by atoms with Crippen molar-refractivity contribution in [3.63, 3.8) is 0 Å². The number of morpholine rings is 1. The van der Waals surface area contributed by atoms with E-state index in [0.29, 0.717) is 8.95 Å². The topological polar surface area (TPSA) is 66.8 Å². The predicted octanol–water partition coefficient (Wildman–Crippen LogP) is 1.98. The number of sulfonamides is 1. The first-order valence-corrected chi connectivity index (χ1v) is 9.08. The van der Waals surface area contributed by atoms with Crippen LogP contribution in [-0.2, 0) is 14.8 Å². The van der Waals surface area contributed by atoms with E-state index in [-0.39, 0.29) is 30.7 Å². The van der Waals surface area contributed by atoms with E-state index in [1.165, 1.54) is 4.31 Å². The monoisotopic (exact) mass is 427 g/mol. The van der Waals surface area contributed by atoms with Gasteiger partial charge in [0, 0.05) is 22.0 Å². The Kier molecular flexibility index (Phi) is 5.25. The van der Waals surface area contributed by atoms with Crippen LogP contribution in [0.1, 0.15) is 6.92 Å². The van der Waals surface area contributed by atoms with Gasteiger partial charge in [0.15, 0.2) is 0 Å². The number of hydrogen-bond acceptors (Lipinski definition) is 4. The summed E-state index contributed by atoms with van der Waals surface area (Å²) in [6, 6.07) is 5.01. The van der Waals surface area contributed by atoms with Crippen molar-refractivity contribution in [2.75, 3.05) is 19.7 Å². The van der Waals surface area contributed by atoms with Crippen molar-refractivity contribution in [1.82, 2.24) is 4.31 Å². The van der Waals surface area contributed by atoms with Crippen LogP contribution >= 0.6 is 31.9 Å². The highest BCUT2D eigenvalue weighted by atomic mass is 79.9. The summed E-state index contributed by atoms with van der Waals surface area (Å²) >= 11 is 6.55. The maximum atomic E-state index is 12.7. The van der Waals surface area contributed by atoms with Crippen LogP contribution in [0.25, 0.3) is 0 Å². The summed E-state index contributed by atoms with van der Waals surface area (Å²) in [6.45, 7) is 2.02. The zero-order chi connectivity index (χ0) is 14.9. The van der Waals surface area contributed by atoms with E-state index < -0.39 is 16.1 Å².